The first-order valence-electron chi connectivity index (χ1n) is 11.6. The van der Waals surface area contributed by atoms with Gasteiger partial charge in [0.1, 0.15) is 5.82 Å². The summed E-state index contributed by atoms with van der Waals surface area (Å²) in [7, 11) is 0. The zero-order chi connectivity index (χ0) is 27.7. The number of allylic oxidation sites excluding steroid dienone is 1. The minimum absolute atomic E-state index is 0.0313. The Morgan fingerprint density at radius 2 is 1.49 bits per heavy atom. The molecule has 1 aliphatic rings. The van der Waals surface area contributed by atoms with Crippen LogP contribution in [0, 0.1) is 0 Å². The van der Waals surface area contributed by atoms with Gasteiger partial charge in [0.2, 0.25) is 0 Å². The Morgan fingerprint density at radius 1 is 0.946 bits per heavy atom. The van der Waals surface area contributed by atoms with Crippen molar-refractivity contribution in [3.63, 3.8) is 0 Å². The van der Waals surface area contributed by atoms with E-state index in [1.54, 1.807) is 58.9 Å². The van der Waals surface area contributed by atoms with Crippen LogP contribution in [0.15, 0.2) is 75.7 Å². The van der Waals surface area contributed by atoms with E-state index >= 15 is 0 Å². The van der Waals surface area contributed by atoms with Gasteiger partial charge >= 0.3 is 18.1 Å². The first-order chi connectivity index (χ1) is 17.2. The van der Waals surface area contributed by atoms with E-state index in [9.17, 15) is 22.8 Å². The molecule has 198 valence electrons. The molecule has 3 rings (SSSR count). The summed E-state index contributed by atoms with van der Waals surface area (Å²) < 4.78 is 52.3. The molecule has 0 spiro atoms. The second-order valence-electron chi connectivity index (χ2n) is 9.07. The number of carbonyl (C=O) groups is 2. The third kappa shape index (κ3) is 6.18. The van der Waals surface area contributed by atoms with Crippen LogP contribution in [0.4, 0.5) is 18.9 Å². The van der Waals surface area contributed by atoms with Crippen molar-refractivity contribution in [1.82, 2.24) is 0 Å². The van der Waals surface area contributed by atoms with E-state index in [0.717, 1.165) is 16.6 Å². The van der Waals surface area contributed by atoms with Crippen molar-refractivity contribution < 1.29 is 32.2 Å². The topological polar surface area (TPSA) is 81.9 Å². The van der Waals surface area contributed by atoms with Crippen LogP contribution in [0.5, 0.6) is 0 Å². The minimum atomic E-state index is -4.61. The number of benzene rings is 2. The van der Waals surface area contributed by atoms with Crippen LogP contribution in [0.25, 0.3) is 0 Å². The van der Waals surface area contributed by atoms with Crippen LogP contribution < -0.4 is 10.6 Å². The Labute approximate surface area is 222 Å². The van der Waals surface area contributed by atoms with Crippen molar-refractivity contribution in [2.24, 2.45) is 5.73 Å². The van der Waals surface area contributed by atoms with E-state index in [0.29, 0.717) is 5.56 Å². The third-order valence-electron chi connectivity index (χ3n) is 5.58. The molecule has 2 N–H and O–H groups in total. The molecule has 37 heavy (non-hydrogen) atoms. The number of carbonyl (C=O) groups excluding carboxylic acids is 2. The summed E-state index contributed by atoms with van der Waals surface area (Å²) >= 11 is 3.38. The molecule has 2 aromatic rings. The largest absolute Gasteiger partial charge is 0.460 e. The molecule has 0 saturated heterocycles. The predicted octanol–water partition coefficient (Wildman–Crippen LogP) is 6.42. The molecule has 6 nitrogen and oxygen atoms in total. The van der Waals surface area contributed by atoms with Crippen LogP contribution in [-0.2, 0) is 25.2 Å². The summed E-state index contributed by atoms with van der Waals surface area (Å²) in [5.74, 6) is -2.64. The lowest BCUT2D eigenvalue weighted by Crippen LogP contribution is -2.40. The van der Waals surface area contributed by atoms with Crippen molar-refractivity contribution in [3.05, 3.63) is 86.8 Å². The van der Waals surface area contributed by atoms with Crippen LogP contribution in [0.3, 0.4) is 0 Å². The highest BCUT2D eigenvalue weighted by molar-refractivity contribution is 9.10. The summed E-state index contributed by atoms with van der Waals surface area (Å²) in [5, 5.41) is 0. The Bertz CT molecular complexity index is 1210. The molecule has 0 fully saturated rings. The lowest BCUT2D eigenvalue weighted by Gasteiger charge is -2.37. The van der Waals surface area contributed by atoms with E-state index in [1.807, 2.05) is 0 Å². The van der Waals surface area contributed by atoms with Gasteiger partial charge in [-0.15, -0.1) is 0 Å². The summed E-state index contributed by atoms with van der Waals surface area (Å²) in [6.07, 6.45) is -5.62. The summed E-state index contributed by atoms with van der Waals surface area (Å²) in [4.78, 5) is 28.1. The number of anilines is 1. The van der Waals surface area contributed by atoms with Gasteiger partial charge in [-0.3, -0.25) is 0 Å². The van der Waals surface area contributed by atoms with Gasteiger partial charge < -0.3 is 20.1 Å². The minimum Gasteiger partial charge on any atom is -0.460 e. The van der Waals surface area contributed by atoms with Crippen LogP contribution in [0.2, 0.25) is 0 Å². The van der Waals surface area contributed by atoms with Gasteiger partial charge in [0.25, 0.3) is 0 Å². The number of hydrogen-bond donors (Lipinski definition) is 1. The average Bonchev–Trinajstić information content (AvgIpc) is 2.77. The molecule has 0 radical (unpaired) electrons. The first kappa shape index (κ1) is 28.3. The van der Waals surface area contributed by atoms with Crippen molar-refractivity contribution in [2.45, 2.75) is 58.9 Å². The molecular weight excluding hydrogens is 553 g/mol. The lowest BCUT2D eigenvalue weighted by atomic mass is 9.80. The smallest absolute Gasteiger partial charge is 0.416 e. The highest BCUT2D eigenvalue weighted by Gasteiger charge is 2.42. The Hall–Kier alpha value is -3.27. The second-order valence-corrected chi connectivity index (χ2v) is 9.99. The predicted molar refractivity (Wildman–Crippen MR) is 137 cm³/mol. The molecular formula is C27H28BrF3N2O4. The molecule has 0 amide bonds. The van der Waals surface area contributed by atoms with Crippen LogP contribution >= 0.6 is 15.9 Å². The molecule has 0 saturated carbocycles. The molecule has 1 atom stereocenters. The maximum atomic E-state index is 13.5. The van der Waals surface area contributed by atoms with Gasteiger partial charge in [-0.05, 0) is 70.5 Å². The number of ether oxygens (including phenoxy) is 2. The number of nitrogens with two attached hydrogens (primary N) is 1. The number of hydrogen-bond acceptors (Lipinski definition) is 6. The summed E-state index contributed by atoms with van der Waals surface area (Å²) in [5.41, 5.74) is 6.44. The van der Waals surface area contributed by atoms with E-state index in [4.69, 9.17) is 15.2 Å². The molecule has 10 heteroatoms. The molecule has 1 unspecified atom stereocenters. The Morgan fingerprint density at radius 3 is 2.00 bits per heavy atom. The Kier molecular flexibility index (Phi) is 8.42. The van der Waals surface area contributed by atoms with Gasteiger partial charge in [-0.25, -0.2) is 9.59 Å². The average molecular weight is 581 g/mol. The molecule has 2 aromatic carbocycles. The lowest BCUT2D eigenvalue weighted by molar-refractivity contribution is -0.144. The summed E-state index contributed by atoms with van der Waals surface area (Å²) in [6.45, 7) is 8.22. The fraction of sp³-hybridized carbons (Fsp3) is 0.333. The molecule has 0 aromatic heterocycles. The quantitative estimate of drug-likeness (QED) is 0.397. The number of halogens is 4. The monoisotopic (exact) mass is 580 g/mol. The van der Waals surface area contributed by atoms with E-state index < -0.39 is 41.8 Å². The van der Waals surface area contributed by atoms with Gasteiger partial charge in [0.05, 0.1) is 34.8 Å². The van der Waals surface area contributed by atoms with Gasteiger partial charge in [0, 0.05) is 15.9 Å². The van der Waals surface area contributed by atoms with E-state index in [1.165, 1.54) is 17.0 Å². The van der Waals surface area contributed by atoms with Gasteiger partial charge in [-0.1, -0.05) is 34.1 Å². The fourth-order valence-corrected chi connectivity index (χ4v) is 4.37. The SMILES string of the molecule is CC1=C(C(=O)OC(C)C)C(c2ccc(Br)cc2)C(C(=O)OC(C)C)=C(N)N1c1cccc(C(F)(F)F)c1. The standard InChI is InChI=1S/C27H28BrF3N2O4/c1-14(2)36-25(34)21-16(5)33(20-8-6-7-18(13-20)27(29,30)31)24(32)23(26(35)37-15(3)4)22(21)17-9-11-19(28)12-10-17/h6-15,22H,32H2,1-5H3. The fourth-order valence-electron chi connectivity index (χ4n) is 4.11. The van der Waals surface area contributed by atoms with E-state index in [-0.39, 0.29) is 28.4 Å². The molecule has 0 aliphatic carbocycles. The molecule has 0 bridgehead atoms. The van der Waals surface area contributed by atoms with Crippen LogP contribution in [-0.4, -0.2) is 24.1 Å². The first-order valence-corrected chi connectivity index (χ1v) is 12.4. The second kappa shape index (κ2) is 11.0. The highest BCUT2D eigenvalue weighted by atomic mass is 79.9. The number of rotatable bonds is 6. The van der Waals surface area contributed by atoms with E-state index in [2.05, 4.69) is 15.9 Å². The van der Waals surface area contributed by atoms with Crippen molar-refractivity contribution in [2.75, 3.05) is 4.90 Å². The zero-order valence-electron chi connectivity index (χ0n) is 21.0. The number of alkyl halides is 3. The zero-order valence-corrected chi connectivity index (χ0v) is 22.6. The molecule has 1 heterocycles. The van der Waals surface area contributed by atoms with Crippen molar-refractivity contribution in [3.8, 4) is 0 Å². The van der Waals surface area contributed by atoms with Crippen molar-refractivity contribution in [1.29, 1.82) is 0 Å². The number of nitrogens with zero attached hydrogens (tertiary/aromatic N) is 1. The van der Waals surface area contributed by atoms with Crippen LogP contribution in [0.1, 0.15) is 51.7 Å². The maximum absolute atomic E-state index is 13.5. The number of esters is 2. The highest BCUT2D eigenvalue weighted by Crippen LogP contribution is 2.44. The third-order valence-corrected chi connectivity index (χ3v) is 6.11. The van der Waals surface area contributed by atoms with Gasteiger partial charge in [0.15, 0.2) is 0 Å². The normalized spacial score (nSPS) is 16.5. The Balaban J connectivity index is 2.35. The summed E-state index contributed by atoms with van der Waals surface area (Å²) in [6, 6.07) is 11.4. The van der Waals surface area contributed by atoms with Crippen molar-refractivity contribution >= 4 is 33.6 Å². The molecule has 1 aliphatic heterocycles. The van der Waals surface area contributed by atoms with Gasteiger partial charge in [-0.2, -0.15) is 13.2 Å². The maximum Gasteiger partial charge on any atom is 0.416 e.